The molecule has 0 aromatic heterocycles. The zero-order chi connectivity index (χ0) is 11.3. The normalized spacial score (nSPS) is 18.8. The van der Waals surface area contributed by atoms with Gasteiger partial charge >= 0.3 is 0 Å². The van der Waals surface area contributed by atoms with Crippen LogP contribution >= 0.6 is 0 Å². The van der Waals surface area contributed by atoms with Crippen molar-refractivity contribution in [3.8, 4) is 0 Å². The molecule has 0 fully saturated rings. The molecule has 0 unspecified atom stereocenters. The van der Waals surface area contributed by atoms with E-state index in [-0.39, 0.29) is 17.1 Å². The summed E-state index contributed by atoms with van der Waals surface area (Å²) in [7, 11) is 0. The van der Waals surface area contributed by atoms with Crippen molar-refractivity contribution in [2.75, 3.05) is 0 Å². The van der Waals surface area contributed by atoms with Crippen LogP contribution in [0.1, 0.15) is 51.4 Å². The molecule has 17 heavy (non-hydrogen) atoms. The molecule has 0 nitrogen and oxygen atoms in total. The van der Waals surface area contributed by atoms with E-state index in [2.05, 4.69) is 48.6 Å². The Labute approximate surface area is 117 Å². The van der Waals surface area contributed by atoms with Crippen LogP contribution in [0.5, 0.6) is 0 Å². The summed E-state index contributed by atoms with van der Waals surface area (Å²) >= 11 is 0. The second-order valence-corrected chi connectivity index (χ2v) is 4.28. The smallest absolute Gasteiger partial charge is 0 e. The summed E-state index contributed by atoms with van der Waals surface area (Å²) in [5.41, 5.74) is 0. The minimum absolute atomic E-state index is 0. The summed E-state index contributed by atoms with van der Waals surface area (Å²) in [4.78, 5) is 0. The fraction of sp³-hybridized carbons (Fsp3) is 0.500. The summed E-state index contributed by atoms with van der Waals surface area (Å²) in [6.45, 7) is 0. The molecule has 0 aromatic carbocycles. The molecule has 0 aliphatic heterocycles. The maximum atomic E-state index is 2.23. The predicted molar refractivity (Wildman–Crippen MR) is 73.5 cm³/mol. The largest absolute Gasteiger partial charge is 0.0845 e. The number of allylic oxidation sites excluding steroid dienone is 8. The van der Waals surface area contributed by atoms with Gasteiger partial charge in [-0.2, -0.15) is 0 Å². The monoisotopic (exact) mass is 272 g/mol. The van der Waals surface area contributed by atoms with Crippen molar-refractivity contribution in [1.29, 1.82) is 0 Å². The minimum atomic E-state index is 0. The van der Waals surface area contributed by atoms with Gasteiger partial charge in [0.25, 0.3) is 0 Å². The summed E-state index contributed by atoms with van der Waals surface area (Å²) in [5, 5.41) is 0. The molecule has 0 N–H and O–H groups in total. The van der Waals surface area contributed by atoms with Gasteiger partial charge in [0.15, 0.2) is 0 Å². The van der Waals surface area contributed by atoms with Gasteiger partial charge in [-0.05, 0) is 51.4 Å². The van der Waals surface area contributed by atoms with Gasteiger partial charge in [0, 0.05) is 17.1 Å². The summed E-state index contributed by atoms with van der Waals surface area (Å²) in [5.74, 6) is 0. The van der Waals surface area contributed by atoms with E-state index in [4.69, 9.17) is 0 Å². The maximum absolute atomic E-state index is 2.23. The van der Waals surface area contributed by atoms with E-state index in [9.17, 15) is 0 Å². The molecule has 0 aromatic rings. The van der Waals surface area contributed by atoms with Crippen molar-refractivity contribution in [1.82, 2.24) is 0 Å². The van der Waals surface area contributed by atoms with Crippen molar-refractivity contribution in [2.45, 2.75) is 51.4 Å². The van der Waals surface area contributed by atoms with E-state index in [0.29, 0.717) is 0 Å². The Morgan fingerprint density at radius 3 is 0.882 bits per heavy atom. The van der Waals surface area contributed by atoms with E-state index in [1.54, 1.807) is 0 Å². The SMILES string of the molecule is C1=CCCCCC=C1.C1=CCCCCC=C1.[Fe]. The van der Waals surface area contributed by atoms with Crippen LogP contribution in [-0.2, 0) is 17.1 Å². The Balaban J connectivity index is 0.000000284. The molecule has 96 valence electrons. The maximum Gasteiger partial charge on any atom is 0 e. The average Bonchev–Trinajstić information content (AvgIpc) is 2.15. The molecule has 0 spiro atoms. The molecular formula is C16H24Fe. The molecule has 0 heterocycles. The van der Waals surface area contributed by atoms with Gasteiger partial charge in [0.1, 0.15) is 0 Å². The van der Waals surface area contributed by atoms with Crippen LogP contribution in [0.25, 0.3) is 0 Å². The van der Waals surface area contributed by atoms with E-state index < -0.39 is 0 Å². The quantitative estimate of drug-likeness (QED) is 0.522. The topological polar surface area (TPSA) is 0 Å². The Bertz CT molecular complexity index is 203. The Morgan fingerprint density at radius 2 is 0.647 bits per heavy atom. The van der Waals surface area contributed by atoms with E-state index in [0.717, 1.165) is 0 Å². The first-order chi connectivity index (χ1) is 8.00. The molecule has 0 bridgehead atoms. The average molecular weight is 272 g/mol. The van der Waals surface area contributed by atoms with Gasteiger partial charge in [-0.3, -0.25) is 0 Å². The summed E-state index contributed by atoms with van der Waals surface area (Å²) in [6.07, 6.45) is 28.0. The first-order valence-electron chi connectivity index (χ1n) is 6.63. The van der Waals surface area contributed by atoms with E-state index in [1.807, 2.05) is 0 Å². The van der Waals surface area contributed by atoms with Crippen LogP contribution in [0.3, 0.4) is 0 Å². The van der Waals surface area contributed by atoms with Crippen molar-refractivity contribution >= 4 is 0 Å². The molecule has 0 amide bonds. The molecule has 0 radical (unpaired) electrons. The van der Waals surface area contributed by atoms with Crippen LogP contribution in [-0.4, -0.2) is 0 Å². The van der Waals surface area contributed by atoms with Crippen LogP contribution in [0.2, 0.25) is 0 Å². The fourth-order valence-corrected chi connectivity index (χ4v) is 1.75. The van der Waals surface area contributed by atoms with Crippen molar-refractivity contribution in [2.24, 2.45) is 0 Å². The van der Waals surface area contributed by atoms with Gasteiger partial charge in [0.05, 0.1) is 0 Å². The van der Waals surface area contributed by atoms with Crippen molar-refractivity contribution in [3.05, 3.63) is 48.6 Å². The number of hydrogen-bond donors (Lipinski definition) is 0. The van der Waals surface area contributed by atoms with Crippen LogP contribution in [0.15, 0.2) is 48.6 Å². The molecule has 2 rings (SSSR count). The third-order valence-electron chi connectivity index (χ3n) is 2.75. The molecule has 0 atom stereocenters. The molecule has 2 aliphatic rings. The standard InChI is InChI=1S/2C8H12.Fe/c2*1-2-4-6-8-7-5-3-1;/h2*1-4H,5-8H2;. The van der Waals surface area contributed by atoms with Gasteiger partial charge < -0.3 is 0 Å². The molecular weight excluding hydrogens is 248 g/mol. The van der Waals surface area contributed by atoms with Gasteiger partial charge in [-0.1, -0.05) is 48.6 Å². The van der Waals surface area contributed by atoms with Crippen LogP contribution in [0, 0.1) is 0 Å². The molecule has 2 aliphatic carbocycles. The van der Waals surface area contributed by atoms with Crippen LogP contribution in [0.4, 0.5) is 0 Å². The zero-order valence-electron chi connectivity index (χ0n) is 10.6. The fourth-order valence-electron chi connectivity index (χ4n) is 1.75. The second kappa shape index (κ2) is 13.5. The molecule has 0 saturated heterocycles. The Hall–Kier alpha value is -0.521. The molecule has 1 heteroatoms. The third-order valence-corrected chi connectivity index (χ3v) is 2.75. The third kappa shape index (κ3) is 11.7. The van der Waals surface area contributed by atoms with Crippen molar-refractivity contribution < 1.29 is 17.1 Å². The minimum Gasteiger partial charge on any atom is -0.0845 e. The zero-order valence-corrected chi connectivity index (χ0v) is 11.7. The Morgan fingerprint density at radius 1 is 0.412 bits per heavy atom. The Kier molecular flexibility index (Phi) is 13.1. The summed E-state index contributed by atoms with van der Waals surface area (Å²) < 4.78 is 0. The predicted octanol–water partition coefficient (Wildman–Crippen LogP) is 5.34. The second-order valence-electron chi connectivity index (χ2n) is 4.28. The van der Waals surface area contributed by atoms with Gasteiger partial charge in [-0.15, -0.1) is 0 Å². The first-order valence-corrected chi connectivity index (χ1v) is 6.63. The van der Waals surface area contributed by atoms with Crippen molar-refractivity contribution in [3.63, 3.8) is 0 Å². The summed E-state index contributed by atoms with van der Waals surface area (Å²) in [6, 6.07) is 0. The van der Waals surface area contributed by atoms with Gasteiger partial charge in [-0.25, -0.2) is 0 Å². The first kappa shape index (κ1) is 16.5. The van der Waals surface area contributed by atoms with Crippen LogP contribution < -0.4 is 0 Å². The van der Waals surface area contributed by atoms with E-state index in [1.165, 1.54) is 51.4 Å². The van der Waals surface area contributed by atoms with Gasteiger partial charge in [0.2, 0.25) is 0 Å². The number of rotatable bonds is 0. The van der Waals surface area contributed by atoms with E-state index >= 15 is 0 Å². The number of hydrogen-bond acceptors (Lipinski definition) is 0. The molecule has 0 saturated carbocycles.